The average molecular weight is 576 g/mol. The summed E-state index contributed by atoms with van der Waals surface area (Å²) in [5, 5.41) is 22.6. The van der Waals surface area contributed by atoms with E-state index in [4.69, 9.17) is 16.3 Å². The minimum absolute atomic E-state index is 0.0983. The van der Waals surface area contributed by atoms with E-state index >= 15 is 0 Å². The Morgan fingerprint density at radius 3 is 2.87 bits per heavy atom. The zero-order chi connectivity index (χ0) is 27.4. The molecule has 0 spiro atoms. The molecule has 202 valence electrons. The molecular weight excluding hydrogens is 545 g/mol. The van der Waals surface area contributed by atoms with Gasteiger partial charge in [-0.1, -0.05) is 50.6 Å². The Labute approximate surface area is 235 Å². The molecule has 0 radical (unpaired) electrons. The number of carbonyl (C=O) groups is 1. The van der Waals surface area contributed by atoms with Crippen LogP contribution in [-0.2, 0) is 30.8 Å². The van der Waals surface area contributed by atoms with Crippen LogP contribution >= 0.6 is 34.7 Å². The second-order valence-electron chi connectivity index (χ2n) is 9.94. The molecule has 0 bridgehead atoms. The number of rotatable bonds is 10. The van der Waals surface area contributed by atoms with Gasteiger partial charge in [-0.3, -0.25) is 4.79 Å². The summed E-state index contributed by atoms with van der Waals surface area (Å²) in [4.78, 5) is 14.1. The van der Waals surface area contributed by atoms with Crippen molar-refractivity contribution in [1.29, 1.82) is 5.26 Å². The third-order valence-electron chi connectivity index (χ3n) is 7.34. The first-order valence-electron chi connectivity index (χ1n) is 12.6. The molecule has 1 N–H and O–H groups in total. The van der Waals surface area contributed by atoms with Crippen LogP contribution in [0.25, 0.3) is 0 Å². The smallest absolute Gasteiger partial charge is 0.235 e. The summed E-state index contributed by atoms with van der Waals surface area (Å²) in [6.07, 6.45) is 4.00. The molecule has 1 amide bonds. The predicted molar refractivity (Wildman–Crippen MR) is 149 cm³/mol. The Bertz CT molecular complexity index is 1360. The first-order valence-corrected chi connectivity index (χ1v) is 14.8. The number of thioether (sulfide) groups is 1. The van der Waals surface area contributed by atoms with E-state index in [1.807, 2.05) is 11.5 Å². The van der Waals surface area contributed by atoms with Gasteiger partial charge < -0.3 is 14.6 Å². The summed E-state index contributed by atoms with van der Waals surface area (Å²) >= 11 is 8.85. The van der Waals surface area contributed by atoms with Gasteiger partial charge in [0.05, 0.1) is 16.3 Å². The topological polar surface area (TPSA) is 92.8 Å². The van der Waals surface area contributed by atoms with Crippen LogP contribution in [0.15, 0.2) is 23.4 Å². The zero-order valence-electron chi connectivity index (χ0n) is 21.9. The molecule has 11 heteroatoms. The molecule has 1 aromatic carbocycles. The SMILES string of the molecule is CCn1c(COc2ccc(F)cc2Cl)nnc1SCC(=O)Nc1sc2c(c1C#N)CCC(C(C)(C)CC)C2. The van der Waals surface area contributed by atoms with Crippen LogP contribution in [0.1, 0.15) is 62.4 Å². The van der Waals surface area contributed by atoms with Gasteiger partial charge in [-0.25, -0.2) is 4.39 Å². The minimum Gasteiger partial charge on any atom is -0.484 e. The lowest BCUT2D eigenvalue weighted by Gasteiger charge is -2.36. The molecule has 2 aromatic heterocycles. The third kappa shape index (κ3) is 6.16. The fraction of sp³-hybridized carbons (Fsp3) is 0.481. The summed E-state index contributed by atoms with van der Waals surface area (Å²) in [6.45, 7) is 9.48. The van der Waals surface area contributed by atoms with Crippen LogP contribution in [0.2, 0.25) is 5.02 Å². The van der Waals surface area contributed by atoms with E-state index in [2.05, 4.69) is 42.4 Å². The Kier molecular flexibility index (Phi) is 9.01. The van der Waals surface area contributed by atoms with E-state index in [0.717, 1.165) is 31.2 Å². The molecule has 3 aromatic rings. The predicted octanol–water partition coefficient (Wildman–Crippen LogP) is 6.87. The number of hydrogen-bond acceptors (Lipinski definition) is 7. The van der Waals surface area contributed by atoms with Crippen LogP contribution in [0.5, 0.6) is 5.75 Å². The summed E-state index contributed by atoms with van der Waals surface area (Å²) in [5.74, 6) is 0.980. The number of aromatic nitrogens is 3. The van der Waals surface area contributed by atoms with Crippen molar-refractivity contribution in [3.05, 3.63) is 50.9 Å². The highest BCUT2D eigenvalue weighted by Gasteiger charge is 2.34. The normalized spacial score (nSPS) is 15.1. The Morgan fingerprint density at radius 1 is 1.39 bits per heavy atom. The number of ether oxygens (including phenoxy) is 1. The molecular formula is C27H31ClFN5O2S2. The second-order valence-corrected chi connectivity index (χ2v) is 12.4. The fourth-order valence-corrected chi connectivity index (χ4v) is 6.96. The highest BCUT2D eigenvalue weighted by atomic mass is 35.5. The van der Waals surface area contributed by atoms with Crippen molar-refractivity contribution in [3.63, 3.8) is 0 Å². The average Bonchev–Trinajstić information content (AvgIpc) is 3.45. The summed E-state index contributed by atoms with van der Waals surface area (Å²) in [5.41, 5.74) is 1.95. The number of halogens is 2. The monoisotopic (exact) mass is 575 g/mol. The molecule has 2 heterocycles. The first kappa shape index (κ1) is 28.4. The molecule has 0 fully saturated rings. The highest BCUT2D eigenvalue weighted by Crippen LogP contribution is 2.45. The summed E-state index contributed by atoms with van der Waals surface area (Å²) in [6, 6.07) is 6.25. The number of benzene rings is 1. The lowest BCUT2D eigenvalue weighted by atomic mass is 9.69. The minimum atomic E-state index is -0.440. The van der Waals surface area contributed by atoms with Crippen molar-refractivity contribution in [1.82, 2.24) is 14.8 Å². The number of nitrogens with one attached hydrogen (secondary N) is 1. The molecule has 4 rings (SSSR count). The molecule has 1 unspecified atom stereocenters. The number of thiophene rings is 1. The highest BCUT2D eigenvalue weighted by molar-refractivity contribution is 7.99. The first-order chi connectivity index (χ1) is 18.2. The van der Waals surface area contributed by atoms with Crippen LogP contribution in [0.4, 0.5) is 9.39 Å². The number of nitriles is 1. The largest absolute Gasteiger partial charge is 0.484 e. The standard InChI is InChI=1S/C27H31ClFN5O2S2/c1-5-27(3,4)16-7-9-18-19(13-30)25(38-22(18)11-16)31-24(35)15-37-26-33-32-23(34(26)6-2)14-36-21-10-8-17(29)12-20(21)28/h8,10,12,16H,5-7,9,11,14-15H2,1-4H3,(H,31,35). The van der Waals surface area contributed by atoms with Crippen LogP contribution < -0.4 is 10.1 Å². The Hall–Kier alpha value is -2.61. The van der Waals surface area contributed by atoms with Crippen molar-refractivity contribution in [2.45, 2.75) is 71.7 Å². The van der Waals surface area contributed by atoms with Crippen LogP contribution in [-0.4, -0.2) is 26.4 Å². The van der Waals surface area contributed by atoms with Gasteiger partial charge in [0.25, 0.3) is 0 Å². The van der Waals surface area contributed by atoms with Gasteiger partial charge in [-0.15, -0.1) is 21.5 Å². The summed E-state index contributed by atoms with van der Waals surface area (Å²) < 4.78 is 20.8. The molecule has 38 heavy (non-hydrogen) atoms. The maximum Gasteiger partial charge on any atom is 0.235 e. The number of nitrogens with zero attached hydrogens (tertiary/aromatic N) is 4. The molecule has 1 aliphatic carbocycles. The number of hydrogen-bond donors (Lipinski definition) is 1. The van der Waals surface area contributed by atoms with Gasteiger partial charge in [-0.05, 0) is 61.3 Å². The van der Waals surface area contributed by atoms with Gasteiger partial charge in [0.15, 0.2) is 11.0 Å². The van der Waals surface area contributed by atoms with E-state index in [-0.39, 0.29) is 28.7 Å². The van der Waals surface area contributed by atoms with E-state index in [0.29, 0.717) is 39.8 Å². The lowest BCUT2D eigenvalue weighted by molar-refractivity contribution is -0.113. The quantitative estimate of drug-likeness (QED) is 0.265. The fourth-order valence-electron chi connectivity index (χ4n) is 4.63. The molecule has 1 aliphatic rings. The van der Waals surface area contributed by atoms with Gasteiger partial charge in [0.1, 0.15) is 29.2 Å². The lowest BCUT2D eigenvalue weighted by Crippen LogP contribution is -2.28. The molecule has 1 atom stereocenters. The van der Waals surface area contributed by atoms with Gasteiger partial charge >= 0.3 is 0 Å². The third-order valence-corrected chi connectivity index (χ3v) is 9.77. The van der Waals surface area contributed by atoms with Crippen molar-refractivity contribution < 1.29 is 13.9 Å². The molecule has 0 saturated carbocycles. The Balaban J connectivity index is 1.38. The van der Waals surface area contributed by atoms with Crippen molar-refractivity contribution >= 4 is 45.6 Å². The van der Waals surface area contributed by atoms with Gasteiger partial charge in [-0.2, -0.15) is 5.26 Å². The van der Waals surface area contributed by atoms with E-state index in [1.54, 1.807) is 0 Å². The molecule has 0 saturated heterocycles. The van der Waals surface area contributed by atoms with Crippen LogP contribution in [0.3, 0.4) is 0 Å². The van der Waals surface area contributed by atoms with E-state index in [9.17, 15) is 14.4 Å². The number of amides is 1. The van der Waals surface area contributed by atoms with Crippen molar-refractivity contribution in [2.24, 2.45) is 11.3 Å². The number of fused-ring (bicyclic) bond motifs is 1. The van der Waals surface area contributed by atoms with E-state index in [1.165, 1.54) is 46.2 Å². The van der Waals surface area contributed by atoms with Crippen molar-refractivity contribution in [3.8, 4) is 11.8 Å². The van der Waals surface area contributed by atoms with Gasteiger partial charge in [0.2, 0.25) is 5.91 Å². The molecule has 7 nitrogen and oxygen atoms in total. The number of carbonyl (C=O) groups excluding carboxylic acids is 1. The Morgan fingerprint density at radius 2 is 2.18 bits per heavy atom. The maximum absolute atomic E-state index is 13.3. The van der Waals surface area contributed by atoms with Gasteiger partial charge in [0, 0.05) is 11.4 Å². The van der Waals surface area contributed by atoms with E-state index < -0.39 is 5.82 Å². The summed E-state index contributed by atoms with van der Waals surface area (Å²) in [7, 11) is 0. The van der Waals surface area contributed by atoms with Crippen LogP contribution in [0, 0.1) is 28.5 Å². The zero-order valence-corrected chi connectivity index (χ0v) is 24.3. The second kappa shape index (κ2) is 12.1. The maximum atomic E-state index is 13.3. The number of anilines is 1. The van der Waals surface area contributed by atoms with Crippen molar-refractivity contribution in [2.75, 3.05) is 11.1 Å². The molecule has 0 aliphatic heterocycles.